The van der Waals surface area contributed by atoms with E-state index in [1.165, 1.54) is 21.6 Å². The molecule has 2 nitrogen and oxygen atoms in total. The van der Waals surface area contributed by atoms with Gasteiger partial charge < -0.3 is 5.32 Å². The molecule has 27 heavy (non-hydrogen) atoms. The van der Waals surface area contributed by atoms with E-state index in [9.17, 15) is 4.79 Å². The van der Waals surface area contributed by atoms with Gasteiger partial charge in [0.25, 0.3) is 0 Å². The predicted molar refractivity (Wildman–Crippen MR) is 112 cm³/mol. The Bertz CT molecular complexity index is 1130. The highest BCUT2D eigenvalue weighted by Gasteiger charge is 2.38. The topological polar surface area (TPSA) is 29.1 Å². The summed E-state index contributed by atoms with van der Waals surface area (Å²) in [6.07, 6.45) is 0. The van der Waals surface area contributed by atoms with Crippen LogP contribution in [0.15, 0.2) is 77.2 Å². The summed E-state index contributed by atoms with van der Waals surface area (Å²) in [6, 6.07) is 22.7. The molecule has 5 rings (SSSR count). The Labute approximate surface area is 163 Å². The molecule has 0 amide bonds. The maximum atomic E-state index is 13.4. The minimum absolute atomic E-state index is 0.0321. The molecular weight excluding hydrogens is 350 g/mol. The number of thioether (sulfide) groups is 1. The fourth-order valence-electron chi connectivity index (χ4n) is 3.84. The molecule has 1 aliphatic carbocycles. The highest BCUT2D eigenvalue weighted by Crippen LogP contribution is 2.52. The van der Waals surface area contributed by atoms with Crippen LogP contribution in [0.3, 0.4) is 0 Å². The smallest absolute Gasteiger partial charge is 0.193 e. The van der Waals surface area contributed by atoms with Gasteiger partial charge in [0, 0.05) is 21.6 Å². The standard InChI is InChI=1S/C24H19NOS/c1-14-11-12-16(13-15(14)2)24-21-22(17-7-3-4-8-18(17)23(21)26)25-19-9-5-6-10-20(19)27-24/h3-13,24-25H,1-2H3/t24-/m1/s1. The third-order valence-electron chi connectivity index (χ3n) is 5.44. The molecule has 0 unspecified atom stereocenters. The first-order valence-corrected chi connectivity index (χ1v) is 9.99. The van der Waals surface area contributed by atoms with E-state index in [0.29, 0.717) is 0 Å². The molecule has 0 fully saturated rings. The summed E-state index contributed by atoms with van der Waals surface area (Å²) in [5.41, 5.74) is 8.38. The molecule has 1 heterocycles. The SMILES string of the molecule is Cc1ccc([C@H]2Sc3ccccc3NC3=C2C(=O)c2ccccc23)cc1C. The number of Topliss-reactive ketones (excluding diaryl/α,β-unsaturated/α-hetero) is 1. The Kier molecular flexibility index (Phi) is 3.73. The normalized spacial score (nSPS) is 17.7. The van der Waals surface area contributed by atoms with Crippen LogP contribution in [0.1, 0.15) is 37.9 Å². The third kappa shape index (κ3) is 2.54. The van der Waals surface area contributed by atoms with Crippen LogP contribution in [-0.2, 0) is 0 Å². The van der Waals surface area contributed by atoms with Crippen molar-refractivity contribution < 1.29 is 4.79 Å². The highest BCUT2D eigenvalue weighted by atomic mass is 32.2. The number of hydrogen-bond acceptors (Lipinski definition) is 3. The number of carbonyl (C=O) groups is 1. The monoisotopic (exact) mass is 369 g/mol. The zero-order valence-corrected chi connectivity index (χ0v) is 16.1. The molecule has 3 aromatic carbocycles. The first-order chi connectivity index (χ1) is 13.1. The van der Waals surface area contributed by atoms with Gasteiger partial charge in [-0.2, -0.15) is 0 Å². The highest BCUT2D eigenvalue weighted by molar-refractivity contribution is 8.00. The van der Waals surface area contributed by atoms with Gasteiger partial charge >= 0.3 is 0 Å². The first kappa shape index (κ1) is 16.4. The van der Waals surface area contributed by atoms with Crippen LogP contribution in [0.2, 0.25) is 0 Å². The lowest BCUT2D eigenvalue weighted by molar-refractivity contribution is 0.103. The van der Waals surface area contributed by atoms with Crippen molar-refractivity contribution in [2.45, 2.75) is 24.0 Å². The number of benzene rings is 3. The van der Waals surface area contributed by atoms with E-state index < -0.39 is 0 Å². The molecule has 0 bridgehead atoms. The maximum absolute atomic E-state index is 13.4. The first-order valence-electron chi connectivity index (χ1n) is 9.11. The Hall–Kier alpha value is -2.78. The Morgan fingerprint density at radius 1 is 0.852 bits per heavy atom. The number of nitrogens with one attached hydrogen (secondary N) is 1. The summed E-state index contributed by atoms with van der Waals surface area (Å²) < 4.78 is 0. The van der Waals surface area contributed by atoms with Crippen LogP contribution in [0.25, 0.3) is 5.70 Å². The van der Waals surface area contributed by atoms with Gasteiger partial charge in [-0.25, -0.2) is 0 Å². The summed E-state index contributed by atoms with van der Waals surface area (Å²) in [6.45, 7) is 4.25. The van der Waals surface area contributed by atoms with Gasteiger partial charge in [0.15, 0.2) is 5.78 Å². The largest absolute Gasteiger partial charge is 0.354 e. The lowest BCUT2D eigenvalue weighted by Crippen LogP contribution is -2.08. The minimum Gasteiger partial charge on any atom is -0.354 e. The van der Waals surface area contributed by atoms with E-state index in [-0.39, 0.29) is 11.0 Å². The van der Waals surface area contributed by atoms with Gasteiger partial charge in [-0.05, 0) is 42.7 Å². The van der Waals surface area contributed by atoms with E-state index in [0.717, 1.165) is 28.1 Å². The predicted octanol–water partition coefficient (Wildman–Crippen LogP) is 6.17. The van der Waals surface area contributed by atoms with Crippen LogP contribution in [0.5, 0.6) is 0 Å². The fraction of sp³-hybridized carbons (Fsp3) is 0.125. The Balaban J connectivity index is 1.75. The number of aryl methyl sites for hydroxylation is 2. The maximum Gasteiger partial charge on any atom is 0.193 e. The van der Waals surface area contributed by atoms with Gasteiger partial charge in [-0.15, -0.1) is 11.8 Å². The van der Waals surface area contributed by atoms with E-state index in [4.69, 9.17) is 0 Å². The molecule has 0 saturated carbocycles. The second-order valence-electron chi connectivity index (χ2n) is 7.13. The van der Waals surface area contributed by atoms with E-state index in [1.54, 1.807) is 11.8 Å². The molecule has 0 spiro atoms. The van der Waals surface area contributed by atoms with E-state index >= 15 is 0 Å². The van der Waals surface area contributed by atoms with Crippen molar-refractivity contribution in [3.63, 3.8) is 0 Å². The van der Waals surface area contributed by atoms with Crippen LogP contribution in [-0.4, -0.2) is 5.78 Å². The molecule has 132 valence electrons. The summed E-state index contributed by atoms with van der Waals surface area (Å²) in [4.78, 5) is 14.5. The van der Waals surface area contributed by atoms with Crippen molar-refractivity contribution in [3.8, 4) is 0 Å². The van der Waals surface area contributed by atoms with E-state index in [1.807, 2.05) is 30.3 Å². The summed E-state index contributed by atoms with van der Waals surface area (Å²) in [5.74, 6) is 0.136. The molecule has 0 saturated heterocycles. The number of rotatable bonds is 1. The molecule has 0 radical (unpaired) electrons. The van der Waals surface area contributed by atoms with Gasteiger partial charge in [-0.1, -0.05) is 54.6 Å². The summed E-state index contributed by atoms with van der Waals surface area (Å²) >= 11 is 1.76. The zero-order chi connectivity index (χ0) is 18.5. The van der Waals surface area contributed by atoms with Crippen molar-refractivity contribution >= 4 is 28.9 Å². The van der Waals surface area contributed by atoms with Gasteiger partial charge in [-0.3, -0.25) is 4.79 Å². The van der Waals surface area contributed by atoms with Crippen molar-refractivity contribution in [2.24, 2.45) is 0 Å². The van der Waals surface area contributed by atoms with Gasteiger partial charge in [0.05, 0.1) is 16.6 Å². The van der Waals surface area contributed by atoms with Gasteiger partial charge in [0.2, 0.25) is 0 Å². The number of fused-ring (bicyclic) bond motifs is 3. The second-order valence-corrected chi connectivity index (χ2v) is 8.27. The lowest BCUT2D eigenvalue weighted by Gasteiger charge is -2.18. The van der Waals surface area contributed by atoms with Crippen molar-refractivity contribution in [2.75, 3.05) is 5.32 Å². The number of ketones is 1. The molecule has 1 N–H and O–H groups in total. The Morgan fingerprint density at radius 3 is 2.41 bits per heavy atom. The van der Waals surface area contributed by atoms with Crippen molar-refractivity contribution in [1.29, 1.82) is 0 Å². The van der Waals surface area contributed by atoms with Crippen LogP contribution < -0.4 is 5.32 Å². The molecule has 3 aromatic rings. The molecule has 0 aromatic heterocycles. The summed E-state index contributed by atoms with van der Waals surface area (Å²) in [7, 11) is 0. The lowest BCUT2D eigenvalue weighted by atomic mass is 9.97. The average molecular weight is 369 g/mol. The molecule has 3 heteroatoms. The quantitative estimate of drug-likeness (QED) is 0.556. The van der Waals surface area contributed by atoms with Gasteiger partial charge in [0.1, 0.15) is 0 Å². The second kappa shape index (κ2) is 6.14. The van der Waals surface area contributed by atoms with E-state index in [2.05, 4.69) is 55.6 Å². The number of anilines is 1. The van der Waals surface area contributed by atoms with Crippen LogP contribution in [0.4, 0.5) is 5.69 Å². The van der Waals surface area contributed by atoms with Crippen LogP contribution >= 0.6 is 11.8 Å². The number of hydrogen-bond donors (Lipinski definition) is 1. The molecular formula is C24H19NOS. The Morgan fingerprint density at radius 2 is 1.59 bits per heavy atom. The molecule has 2 aliphatic rings. The van der Waals surface area contributed by atoms with Crippen LogP contribution in [0, 0.1) is 13.8 Å². The molecule has 1 aliphatic heterocycles. The minimum atomic E-state index is -0.0321. The van der Waals surface area contributed by atoms with Crippen molar-refractivity contribution in [3.05, 3.63) is 100 Å². The number of para-hydroxylation sites is 1. The fourth-order valence-corrected chi connectivity index (χ4v) is 5.13. The molecule has 1 atom stereocenters. The van der Waals surface area contributed by atoms with Crippen molar-refractivity contribution in [1.82, 2.24) is 0 Å². The summed E-state index contributed by atoms with van der Waals surface area (Å²) in [5, 5.41) is 3.54. The average Bonchev–Trinajstić information content (AvgIpc) is 2.85. The third-order valence-corrected chi connectivity index (χ3v) is 6.80. The zero-order valence-electron chi connectivity index (χ0n) is 15.2. The number of carbonyl (C=O) groups excluding carboxylic acids is 1.